The summed E-state index contributed by atoms with van der Waals surface area (Å²) < 4.78 is 29.8. The molecule has 0 aliphatic carbocycles. The lowest BCUT2D eigenvalue weighted by molar-refractivity contribution is -0.119. The van der Waals surface area contributed by atoms with Gasteiger partial charge in [0.25, 0.3) is 10.0 Å². The van der Waals surface area contributed by atoms with Gasteiger partial charge in [0.1, 0.15) is 6.04 Å². The van der Waals surface area contributed by atoms with E-state index in [0.29, 0.717) is 17.1 Å². The van der Waals surface area contributed by atoms with Gasteiger partial charge in [0.15, 0.2) is 0 Å². The summed E-state index contributed by atoms with van der Waals surface area (Å²) >= 11 is 3.29. The van der Waals surface area contributed by atoms with E-state index in [4.69, 9.17) is 0 Å². The zero-order valence-electron chi connectivity index (χ0n) is 15.9. The normalized spacial score (nSPS) is 12.4. The molecule has 1 unspecified atom stereocenters. The van der Waals surface area contributed by atoms with Crippen LogP contribution < -0.4 is 10.0 Å². The van der Waals surface area contributed by atoms with Crippen LogP contribution in [-0.2, 0) is 14.8 Å². The lowest BCUT2D eigenvalue weighted by Gasteiger charge is -2.13. The molecule has 0 fully saturated rings. The predicted octanol–water partition coefficient (Wildman–Crippen LogP) is 3.05. The van der Waals surface area contributed by atoms with E-state index < -0.39 is 16.1 Å². The highest BCUT2D eigenvalue weighted by molar-refractivity contribution is 9.10. The average molecular weight is 479 g/mol. The Labute approximate surface area is 176 Å². The van der Waals surface area contributed by atoms with Crippen molar-refractivity contribution < 1.29 is 13.2 Å². The van der Waals surface area contributed by atoms with Crippen LogP contribution in [0.1, 0.15) is 24.4 Å². The van der Waals surface area contributed by atoms with Gasteiger partial charge in [-0.25, -0.2) is 23.1 Å². The third-order valence-corrected chi connectivity index (χ3v) is 5.74. The quantitative estimate of drug-likeness (QED) is 0.561. The molecule has 3 rings (SSSR count). The number of rotatable bonds is 6. The first-order valence-corrected chi connectivity index (χ1v) is 10.9. The molecule has 11 heteroatoms. The van der Waals surface area contributed by atoms with Crippen molar-refractivity contribution >= 4 is 43.5 Å². The molecule has 1 atom stereocenters. The average Bonchev–Trinajstić information content (AvgIpc) is 3.06. The molecule has 0 aliphatic rings. The van der Waals surface area contributed by atoms with E-state index in [9.17, 15) is 13.2 Å². The lowest BCUT2D eigenvalue weighted by atomic mass is 10.2. The van der Waals surface area contributed by atoms with Gasteiger partial charge in [-0.1, -0.05) is 0 Å². The van der Waals surface area contributed by atoms with Gasteiger partial charge in [-0.05, 0) is 67.0 Å². The summed E-state index contributed by atoms with van der Waals surface area (Å²) in [7, 11) is -3.86. The van der Waals surface area contributed by atoms with Gasteiger partial charge in [0, 0.05) is 23.3 Å². The Hall–Kier alpha value is -2.79. The number of hydrogen-bond acceptors (Lipinski definition) is 6. The van der Waals surface area contributed by atoms with Crippen LogP contribution in [0, 0.1) is 13.8 Å². The molecule has 1 amide bonds. The van der Waals surface area contributed by atoms with E-state index in [1.807, 2.05) is 0 Å². The zero-order chi connectivity index (χ0) is 21.2. The maximum absolute atomic E-state index is 12.6. The van der Waals surface area contributed by atoms with E-state index in [2.05, 4.69) is 41.0 Å². The zero-order valence-corrected chi connectivity index (χ0v) is 18.3. The summed E-state index contributed by atoms with van der Waals surface area (Å²) in [5, 5.41) is 6.82. The molecule has 0 saturated carbocycles. The predicted molar refractivity (Wildman–Crippen MR) is 112 cm³/mol. The number of nitrogens with one attached hydrogen (secondary N) is 2. The van der Waals surface area contributed by atoms with E-state index in [-0.39, 0.29) is 16.8 Å². The van der Waals surface area contributed by atoms with Crippen LogP contribution >= 0.6 is 15.9 Å². The molecule has 0 bridgehead atoms. The third-order valence-electron chi connectivity index (χ3n) is 3.99. The largest absolute Gasteiger partial charge is 0.324 e. The Kier molecular flexibility index (Phi) is 5.99. The molecule has 2 heterocycles. The topological polar surface area (TPSA) is 119 Å². The molecule has 0 spiro atoms. The smallest absolute Gasteiger partial charge is 0.264 e. The monoisotopic (exact) mass is 478 g/mol. The molecule has 0 aliphatic heterocycles. The molecule has 3 aromatic rings. The second-order valence-electron chi connectivity index (χ2n) is 6.41. The summed E-state index contributed by atoms with van der Waals surface area (Å²) in [6.07, 6.45) is 3.29. The van der Waals surface area contributed by atoms with Gasteiger partial charge < -0.3 is 5.32 Å². The van der Waals surface area contributed by atoms with Gasteiger partial charge in [0.05, 0.1) is 15.6 Å². The molecule has 152 valence electrons. The molecule has 9 nitrogen and oxygen atoms in total. The van der Waals surface area contributed by atoms with Crippen LogP contribution in [0.4, 0.5) is 11.6 Å². The van der Waals surface area contributed by atoms with Crippen molar-refractivity contribution in [2.75, 3.05) is 10.0 Å². The summed E-state index contributed by atoms with van der Waals surface area (Å²) in [5.74, 6) is -0.267. The minimum atomic E-state index is -3.86. The first-order chi connectivity index (χ1) is 13.6. The molecule has 29 heavy (non-hydrogen) atoms. The number of aromatic nitrogens is 4. The number of sulfonamides is 1. The van der Waals surface area contributed by atoms with Crippen LogP contribution in [0.3, 0.4) is 0 Å². The number of amides is 1. The summed E-state index contributed by atoms with van der Waals surface area (Å²) in [6, 6.07) is 7.04. The SMILES string of the molecule is Cc1cc(C)nc(NS(=O)(=O)c2ccc(NC(=O)C(C)n3cc(Br)cn3)cc2)n1. The number of hydrogen-bond donors (Lipinski definition) is 2. The van der Waals surface area contributed by atoms with Crippen LogP contribution in [0.2, 0.25) is 0 Å². The summed E-state index contributed by atoms with van der Waals surface area (Å²) in [5.41, 5.74) is 1.79. The standard InChI is InChI=1S/C18H19BrN6O3S/c1-11-8-12(2)22-18(21-11)24-29(27,28)16-6-4-15(5-7-16)23-17(26)13(3)25-10-14(19)9-20-25/h4-10,13H,1-3H3,(H,23,26)(H,21,22,24). The van der Waals surface area contributed by atoms with Gasteiger partial charge >= 0.3 is 0 Å². The number of aryl methyl sites for hydroxylation is 2. The van der Waals surface area contributed by atoms with Crippen molar-refractivity contribution in [1.29, 1.82) is 0 Å². The van der Waals surface area contributed by atoms with Crippen LogP contribution in [0.15, 0.2) is 52.1 Å². The first kappa shape index (κ1) is 20.9. The molecule has 2 aromatic heterocycles. The number of carbonyl (C=O) groups is 1. The van der Waals surface area contributed by atoms with Crippen LogP contribution in [0.25, 0.3) is 0 Å². The Morgan fingerprint density at radius 3 is 2.31 bits per heavy atom. The lowest BCUT2D eigenvalue weighted by Crippen LogP contribution is -2.24. The number of benzene rings is 1. The maximum Gasteiger partial charge on any atom is 0.264 e. The number of nitrogens with zero attached hydrogens (tertiary/aromatic N) is 4. The molecule has 0 saturated heterocycles. The minimum Gasteiger partial charge on any atom is -0.324 e. The highest BCUT2D eigenvalue weighted by Crippen LogP contribution is 2.19. The van der Waals surface area contributed by atoms with Crippen molar-refractivity contribution in [2.45, 2.75) is 31.7 Å². The van der Waals surface area contributed by atoms with Crippen molar-refractivity contribution in [2.24, 2.45) is 0 Å². The molecule has 1 aromatic carbocycles. The van der Waals surface area contributed by atoms with E-state index in [1.165, 1.54) is 28.9 Å². The third kappa shape index (κ3) is 5.18. The Morgan fingerprint density at radius 2 is 1.76 bits per heavy atom. The highest BCUT2D eigenvalue weighted by atomic mass is 79.9. The highest BCUT2D eigenvalue weighted by Gasteiger charge is 2.18. The second-order valence-corrected chi connectivity index (χ2v) is 9.01. The minimum absolute atomic E-state index is 0.0130. The Morgan fingerprint density at radius 1 is 1.14 bits per heavy atom. The van der Waals surface area contributed by atoms with Crippen molar-refractivity contribution in [1.82, 2.24) is 19.7 Å². The van der Waals surface area contributed by atoms with Crippen LogP contribution in [0.5, 0.6) is 0 Å². The fourth-order valence-corrected chi connectivity index (χ4v) is 3.81. The van der Waals surface area contributed by atoms with Crippen molar-refractivity contribution in [3.8, 4) is 0 Å². The van der Waals surface area contributed by atoms with E-state index in [1.54, 1.807) is 39.2 Å². The molecular weight excluding hydrogens is 460 g/mol. The van der Waals surface area contributed by atoms with Crippen molar-refractivity contribution in [3.05, 3.63) is 58.6 Å². The fourth-order valence-electron chi connectivity index (χ4n) is 2.56. The van der Waals surface area contributed by atoms with E-state index in [0.717, 1.165) is 4.47 Å². The molecular formula is C18H19BrN6O3S. The van der Waals surface area contributed by atoms with Crippen molar-refractivity contribution in [3.63, 3.8) is 0 Å². The van der Waals surface area contributed by atoms with Gasteiger partial charge in [-0.3, -0.25) is 9.48 Å². The van der Waals surface area contributed by atoms with E-state index >= 15 is 0 Å². The number of anilines is 2. The number of carbonyl (C=O) groups excluding carboxylic acids is 1. The summed E-state index contributed by atoms with van der Waals surface area (Å²) in [6.45, 7) is 5.22. The summed E-state index contributed by atoms with van der Waals surface area (Å²) in [4.78, 5) is 20.6. The maximum atomic E-state index is 12.6. The fraction of sp³-hybridized carbons (Fsp3) is 0.222. The second kappa shape index (κ2) is 8.29. The Balaban J connectivity index is 1.71. The Bertz CT molecular complexity index is 1120. The first-order valence-electron chi connectivity index (χ1n) is 8.60. The van der Waals surface area contributed by atoms with Gasteiger partial charge in [-0.15, -0.1) is 0 Å². The number of halogens is 1. The molecule has 0 radical (unpaired) electrons. The van der Waals surface area contributed by atoms with Crippen LogP contribution in [-0.4, -0.2) is 34.1 Å². The van der Waals surface area contributed by atoms with Gasteiger partial charge in [-0.2, -0.15) is 5.10 Å². The van der Waals surface area contributed by atoms with Gasteiger partial charge in [0.2, 0.25) is 11.9 Å². The molecule has 2 N–H and O–H groups in total.